The maximum Gasteiger partial charge on any atom is 0.498 e. The summed E-state index contributed by atoms with van der Waals surface area (Å²) in [6.45, 7) is 7.94. The lowest BCUT2D eigenvalue weighted by Crippen LogP contribution is -2.41. The minimum Gasteiger partial charge on any atom is -0.458 e. The molecule has 0 saturated carbocycles. The highest BCUT2D eigenvalue weighted by atomic mass is 19.1. The van der Waals surface area contributed by atoms with E-state index in [4.69, 9.17) is 19.8 Å². The molecule has 4 nitrogen and oxygen atoms in total. The van der Waals surface area contributed by atoms with Crippen molar-refractivity contribution in [2.45, 2.75) is 38.9 Å². The van der Waals surface area contributed by atoms with Crippen LogP contribution in [-0.2, 0) is 9.31 Å². The molecule has 2 N–H and O–H groups in total. The monoisotopic (exact) mass is 329 g/mol. The molecule has 1 fully saturated rings. The lowest BCUT2D eigenvalue weighted by molar-refractivity contribution is 0.00578. The molecule has 1 saturated heterocycles. The molecular weight excluding hydrogens is 308 g/mol. The summed E-state index contributed by atoms with van der Waals surface area (Å²) in [4.78, 5) is 0. The Bertz CT molecular complexity index is 730. The largest absolute Gasteiger partial charge is 0.498 e. The Morgan fingerprint density at radius 3 is 2.12 bits per heavy atom. The quantitative estimate of drug-likeness (QED) is 0.692. The van der Waals surface area contributed by atoms with Crippen molar-refractivity contribution in [3.63, 3.8) is 0 Å². The molecule has 2 aromatic rings. The molecule has 0 radical (unpaired) electrons. The summed E-state index contributed by atoms with van der Waals surface area (Å²) < 4.78 is 31.1. The highest BCUT2D eigenvalue weighted by Crippen LogP contribution is 2.37. The number of hydrogen-bond acceptors (Lipinski definition) is 4. The Morgan fingerprint density at radius 1 is 0.958 bits per heavy atom. The van der Waals surface area contributed by atoms with Crippen LogP contribution in [0.4, 0.5) is 10.1 Å². The second-order valence-corrected chi connectivity index (χ2v) is 6.94. The fourth-order valence-corrected chi connectivity index (χ4v) is 2.44. The van der Waals surface area contributed by atoms with Crippen molar-refractivity contribution >= 4 is 18.3 Å². The van der Waals surface area contributed by atoms with Gasteiger partial charge in [0.15, 0.2) is 0 Å². The topological polar surface area (TPSA) is 53.7 Å². The van der Waals surface area contributed by atoms with Crippen LogP contribution in [0, 0.1) is 5.82 Å². The number of benzene rings is 2. The number of anilines is 1. The van der Waals surface area contributed by atoms with Gasteiger partial charge in [-0.2, -0.15) is 0 Å². The smallest absolute Gasteiger partial charge is 0.458 e. The Hall–Kier alpha value is -2.05. The normalized spacial score (nSPS) is 18.6. The lowest BCUT2D eigenvalue weighted by atomic mass is 9.78. The van der Waals surface area contributed by atoms with Crippen molar-refractivity contribution in [3.8, 4) is 11.5 Å². The van der Waals surface area contributed by atoms with Crippen molar-refractivity contribution in [2.24, 2.45) is 0 Å². The molecule has 2 aromatic carbocycles. The first-order chi connectivity index (χ1) is 11.2. The van der Waals surface area contributed by atoms with Crippen LogP contribution in [0.25, 0.3) is 0 Å². The molecule has 0 bridgehead atoms. The third-order valence-corrected chi connectivity index (χ3v) is 4.58. The molecule has 3 rings (SSSR count). The maximum atomic E-state index is 13.1. The Kier molecular flexibility index (Phi) is 4.05. The number of ether oxygens (including phenoxy) is 1. The highest BCUT2D eigenvalue weighted by Gasteiger charge is 2.52. The van der Waals surface area contributed by atoms with Crippen LogP contribution in [0.1, 0.15) is 27.7 Å². The second kappa shape index (κ2) is 5.79. The molecule has 0 aromatic heterocycles. The van der Waals surface area contributed by atoms with Gasteiger partial charge in [-0.25, -0.2) is 4.39 Å². The summed E-state index contributed by atoms with van der Waals surface area (Å²) in [6, 6.07) is 11.1. The molecular formula is C18H21BFNO3. The van der Waals surface area contributed by atoms with E-state index < -0.39 is 18.3 Å². The van der Waals surface area contributed by atoms with Crippen LogP contribution in [0.2, 0.25) is 0 Å². The summed E-state index contributed by atoms with van der Waals surface area (Å²) >= 11 is 0. The van der Waals surface area contributed by atoms with Crippen LogP contribution in [0.15, 0.2) is 42.5 Å². The molecule has 1 heterocycles. The third-order valence-electron chi connectivity index (χ3n) is 4.58. The molecule has 24 heavy (non-hydrogen) atoms. The first-order valence-electron chi connectivity index (χ1n) is 7.86. The molecule has 0 spiro atoms. The Labute approximate surface area is 141 Å². The highest BCUT2D eigenvalue weighted by molar-refractivity contribution is 6.63. The van der Waals surface area contributed by atoms with Gasteiger partial charge in [0.1, 0.15) is 17.3 Å². The van der Waals surface area contributed by atoms with Crippen LogP contribution in [0.3, 0.4) is 0 Å². The molecule has 0 aliphatic carbocycles. The van der Waals surface area contributed by atoms with Crippen molar-refractivity contribution in [1.82, 2.24) is 0 Å². The zero-order valence-electron chi connectivity index (χ0n) is 14.3. The number of nitrogen functional groups attached to an aromatic ring is 1. The minimum absolute atomic E-state index is 0.314. The number of nitrogens with two attached hydrogens (primary N) is 1. The van der Waals surface area contributed by atoms with Crippen LogP contribution >= 0.6 is 0 Å². The molecule has 6 heteroatoms. The molecule has 0 atom stereocenters. The predicted octanol–water partition coefficient (Wildman–Crippen LogP) is 3.50. The summed E-state index contributed by atoms with van der Waals surface area (Å²) in [7, 11) is -0.589. The van der Waals surface area contributed by atoms with Gasteiger partial charge in [0.05, 0.1) is 11.2 Å². The van der Waals surface area contributed by atoms with E-state index >= 15 is 0 Å². The van der Waals surface area contributed by atoms with Gasteiger partial charge in [-0.05, 0) is 70.2 Å². The fourth-order valence-electron chi connectivity index (χ4n) is 2.44. The van der Waals surface area contributed by atoms with E-state index in [1.807, 2.05) is 27.7 Å². The van der Waals surface area contributed by atoms with E-state index in [0.29, 0.717) is 22.6 Å². The Balaban J connectivity index is 1.93. The van der Waals surface area contributed by atoms with Crippen molar-refractivity contribution in [3.05, 3.63) is 48.3 Å². The van der Waals surface area contributed by atoms with Crippen molar-refractivity contribution in [2.75, 3.05) is 5.73 Å². The zero-order valence-corrected chi connectivity index (χ0v) is 14.3. The van der Waals surface area contributed by atoms with E-state index in [-0.39, 0.29) is 5.82 Å². The molecule has 1 aliphatic rings. The second-order valence-electron chi connectivity index (χ2n) is 6.94. The molecule has 1 aliphatic heterocycles. The molecule has 0 unspecified atom stereocenters. The van der Waals surface area contributed by atoms with Gasteiger partial charge < -0.3 is 19.8 Å². The van der Waals surface area contributed by atoms with Gasteiger partial charge in [0.25, 0.3) is 0 Å². The zero-order chi connectivity index (χ0) is 17.5. The third kappa shape index (κ3) is 3.12. The van der Waals surface area contributed by atoms with Crippen LogP contribution in [-0.4, -0.2) is 18.3 Å². The standard InChI is InChI=1S/C18H21BFNO3/c1-17(2)18(3,4)24-19(23-17)15-11-13(21)7-10-16(15)22-14-8-5-12(20)6-9-14/h5-11H,21H2,1-4H3. The fraction of sp³-hybridized carbons (Fsp3) is 0.333. The summed E-state index contributed by atoms with van der Waals surface area (Å²) in [6.07, 6.45) is 0. The maximum absolute atomic E-state index is 13.1. The SMILES string of the molecule is CC1(C)OB(c2cc(N)ccc2Oc2ccc(F)cc2)OC1(C)C. The van der Waals surface area contributed by atoms with Gasteiger partial charge in [0.2, 0.25) is 0 Å². The van der Waals surface area contributed by atoms with E-state index in [1.165, 1.54) is 12.1 Å². The van der Waals surface area contributed by atoms with Crippen molar-refractivity contribution in [1.29, 1.82) is 0 Å². The van der Waals surface area contributed by atoms with Gasteiger partial charge in [-0.15, -0.1) is 0 Å². The number of halogens is 1. The molecule has 126 valence electrons. The average Bonchev–Trinajstić information content (AvgIpc) is 2.71. The van der Waals surface area contributed by atoms with Gasteiger partial charge in [-0.1, -0.05) is 0 Å². The minimum atomic E-state index is -0.589. The average molecular weight is 329 g/mol. The number of hydrogen-bond donors (Lipinski definition) is 1. The van der Waals surface area contributed by atoms with E-state index in [1.54, 1.807) is 30.3 Å². The van der Waals surface area contributed by atoms with Crippen LogP contribution < -0.4 is 15.9 Å². The first-order valence-corrected chi connectivity index (χ1v) is 7.86. The predicted molar refractivity (Wildman–Crippen MR) is 93.0 cm³/mol. The number of rotatable bonds is 3. The van der Waals surface area contributed by atoms with Crippen LogP contribution in [0.5, 0.6) is 11.5 Å². The van der Waals surface area contributed by atoms with E-state index in [9.17, 15) is 4.39 Å². The molecule has 0 amide bonds. The van der Waals surface area contributed by atoms with Crippen molar-refractivity contribution < 1.29 is 18.4 Å². The van der Waals surface area contributed by atoms with Gasteiger partial charge in [0, 0.05) is 11.2 Å². The van der Waals surface area contributed by atoms with Gasteiger partial charge in [-0.3, -0.25) is 0 Å². The van der Waals surface area contributed by atoms with Gasteiger partial charge >= 0.3 is 7.12 Å². The van der Waals surface area contributed by atoms with E-state index in [0.717, 1.165) is 0 Å². The first kappa shape index (κ1) is 16.8. The summed E-state index contributed by atoms with van der Waals surface area (Å²) in [5.74, 6) is 0.777. The van der Waals surface area contributed by atoms with E-state index in [2.05, 4.69) is 0 Å². The summed E-state index contributed by atoms with van der Waals surface area (Å²) in [5, 5.41) is 0. The Morgan fingerprint density at radius 2 is 1.54 bits per heavy atom. The lowest BCUT2D eigenvalue weighted by Gasteiger charge is -2.32. The summed E-state index contributed by atoms with van der Waals surface area (Å²) in [5.41, 5.74) is 6.30.